The molecule has 3 aromatic rings. The van der Waals surface area contributed by atoms with E-state index in [9.17, 15) is 17.6 Å². The van der Waals surface area contributed by atoms with Gasteiger partial charge in [0.1, 0.15) is 11.6 Å². The number of rotatable bonds is 7. The smallest absolute Gasteiger partial charge is 0.262 e. The van der Waals surface area contributed by atoms with E-state index in [1.807, 2.05) is 0 Å². The lowest BCUT2D eigenvalue weighted by Crippen LogP contribution is -2.20. The first-order chi connectivity index (χ1) is 13.8. The van der Waals surface area contributed by atoms with E-state index in [0.29, 0.717) is 21.6 Å². The molecule has 3 rings (SSSR count). The number of hydrogen-bond donors (Lipinski definition) is 2. The Morgan fingerprint density at radius 2 is 1.66 bits per heavy atom. The second-order valence-corrected chi connectivity index (χ2v) is 8.44. The average Bonchev–Trinajstić information content (AvgIpc) is 2.68. The van der Waals surface area contributed by atoms with Crippen molar-refractivity contribution in [2.24, 2.45) is 0 Å². The van der Waals surface area contributed by atoms with Crippen molar-refractivity contribution in [2.75, 3.05) is 16.6 Å². The molecule has 1 amide bonds. The minimum Gasteiger partial charge on any atom is -0.483 e. The molecule has 0 saturated carbocycles. The summed E-state index contributed by atoms with van der Waals surface area (Å²) in [5.41, 5.74) is 0.865. The van der Waals surface area contributed by atoms with Gasteiger partial charge >= 0.3 is 0 Å². The van der Waals surface area contributed by atoms with Crippen molar-refractivity contribution in [3.8, 4) is 5.75 Å². The van der Waals surface area contributed by atoms with Crippen LogP contribution in [0.15, 0.2) is 82.2 Å². The number of benzene rings is 3. The zero-order valence-electron chi connectivity index (χ0n) is 14.9. The highest BCUT2D eigenvalue weighted by Crippen LogP contribution is 2.25. The summed E-state index contributed by atoms with van der Waals surface area (Å²) in [7, 11) is -3.74. The third-order valence-corrected chi connectivity index (χ3v) is 5.74. The van der Waals surface area contributed by atoms with E-state index in [0.717, 1.165) is 0 Å². The van der Waals surface area contributed by atoms with Crippen molar-refractivity contribution in [1.82, 2.24) is 0 Å². The maximum absolute atomic E-state index is 13.1. The Kier molecular flexibility index (Phi) is 6.50. The summed E-state index contributed by atoms with van der Waals surface area (Å²) in [5.74, 6) is -0.542. The Hall–Kier alpha value is -2.91. The van der Waals surface area contributed by atoms with Crippen molar-refractivity contribution in [2.45, 2.75) is 4.90 Å². The molecule has 0 aromatic heterocycles. The Bertz CT molecular complexity index is 1110. The van der Waals surface area contributed by atoms with E-state index in [1.165, 1.54) is 42.5 Å². The third-order valence-electron chi connectivity index (χ3n) is 3.73. The van der Waals surface area contributed by atoms with Gasteiger partial charge < -0.3 is 10.1 Å². The van der Waals surface area contributed by atoms with Gasteiger partial charge in [0.25, 0.3) is 15.9 Å². The maximum Gasteiger partial charge on any atom is 0.262 e. The molecule has 0 heterocycles. The topological polar surface area (TPSA) is 84.5 Å². The van der Waals surface area contributed by atoms with Gasteiger partial charge in [-0.2, -0.15) is 0 Å². The van der Waals surface area contributed by atoms with Gasteiger partial charge in [-0.25, -0.2) is 12.8 Å². The number of hydrogen-bond acceptors (Lipinski definition) is 4. The molecule has 6 nitrogen and oxygen atoms in total. The molecule has 0 atom stereocenters. The van der Waals surface area contributed by atoms with Crippen molar-refractivity contribution in [3.63, 3.8) is 0 Å². The molecule has 0 aliphatic rings. The van der Waals surface area contributed by atoms with Crippen LogP contribution in [-0.2, 0) is 14.8 Å². The normalized spacial score (nSPS) is 11.0. The first-order valence-electron chi connectivity index (χ1n) is 8.39. The molecule has 0 saturated heterocycles. The molecule has 0 aliphatic carbocycles. The van der Waals surface area contributed by atoms with Gasteiger partial charge in [-0.3, -0.25) is 9.52 Å². The molecule has 0 radical (unpaired) electrons. The lowest BCUT2D eigenvalue weighted by atomic mass is 10.3. The van der Waals surface area contributed by atoms with Gasteiger partial charge in [-0.05, 0) is 70.5 Å². The molecular weight excluding hydrogens is 463 g/mol. The predicted molar refractivity (Wildman–Crippen MR) is 112 cm³/mol. The minimum absolute atomic E-state index is 0.0610. The first-order valence-corrected chi connectivity index (χ1v) is 10.7. The van der Waals surface area contributed by atoms with Crippen LogP contribution >= 0.6 is 15.9 Å². The number of nitrogens with one attached hydrogen (secondary N) is 2. The summed E-state index contributed by atoms with van der Waals surface area (Å²) in [5, 5.41) is 2.60. The number of ether oxygens (including phenoxy) is 1. The van der Waals surface area contributed by atoms with Gasteiger partial charge in [0.15, 0.2) is 6.61 Å². The Morgan fingerprint density at radius 3 is 2.31 bits per heavy atom. The fourth-order valence-electron chi connectivity index (χ4n) is 2.37. The second-order valence-electron chi connectivity index (χ2n) is 5.91. The molecule has 0 bridgehead atoms. The van der Waals surface area contributed by atoms with Gasteiger partial charge in [0.2, 0.25) is 0 Å². The SMILES string of the molecule is O=C(COc1ccc(F)cc1Br)Nc1ccc(S(=O)(=O)Nc2ccccc2)cc1. The van der Waals surface area contributed by atoms with Crippen LogP contribution < -0.4 is 14.8 Å². The third kappa shape index (κ3) is 5.78. The number of para-hydroxylation sites is 1. The zero-order chi connectivity index (χ0) is 20.9. The van der Waals surface area contributed by atoms with Crippen LogP contribution in [-0.4, -0.2) is 20.9 Å². The van der Waals surface area contributed by atoms with E-state index < -0.39 is 21.7 Å². The van der Waals surface area contributed by atoms with E-state index in [4.69, 9.17) is 4.74 Å². The highest BCUT2D eigenvalue weighted by molar-refractivity contribution is 9.10. The van der Waals surface area contributed by atoms with Crippen molar-refractivity contribution in [1.29, 1.82) is 0 Å². The molecule has 29 heavy (non-hydrogen) atoms. The van der Waals surface area contributed by atoms with Crippen molar-refractivity contribution < 1.29 is 22.3 Å². The molecule has 150 valence electrons. The van der Waals surface area contributed by atoms with E-state index in [-0.39, 0.29) is 11.5 Å². The Morgan fingerprint density at radius 1 is 0.966 bits per heavy atom. The predicted octanol–water partition coefficient (Wildman–Crippen LogP) is 4.41. The molecule has 0 unspecified atom stereocenters. The zero-order valence-corrected chi connectivity index (χ0v) is 17.3. The highest BCUT2D eigenvalue weighted by atomic mass is 79.9. The van der Waals surface area contributed by atoms with Gasteiger partial charge in [-0.1, -0.05) is 18.2 Å². The number of carbonyl (C=O) groups is 1. The first kappa shape index (κ1) is 20.8. The molecule has 3 aromatic carbocycles. The Labute approximate surface area is 175 Å². The number of amides is 1. The Balaban J connectivity index is 1.59. The van der Waals surface area contributed by atoms with Crippen LogP contribution in [0, 0.1) is 5.82 Å². The second kappa shape index (κ2) is 9.06. The van der Waals surface area contributed by atoms with Crippen LogP contribution in [0.5, 0.6) is 5.75 Å². The van der Waals surface area contributed by atoms with Crippen molar-refractivity contribution in [3.05, 3.63) is 83.1 Å². The molecule has 2 N–H and O–H groups in total. The minimum atomic E-state index is -3.74. The van der Waals surface area contributed by atoms with Crippen LogP contribution in [0.2, 0.25) is 0 Å². The fraction of sp³-hybridized carbons (Fsp3) is 0.0500. The van der Waals surface area contributed by atoms with Crippen molar-refractivity contribution >= 4 is 43.2 Å². The van der Waals surface area contributed by atoms with E-state index in [2.05, 4.69) is 26.0 Å². The van der Waals surface area contributed by atoms with Gasteiger partial charge in [0, 0.05) is 11.4 Å². The maximum atomic E-state index is 13.1. The van der Waals surface area contributed by atoms with E-state index in [1.54, 1.807) is 30.3 Å². The monoisotopic (exact) mass is 478 g/mol. The summed E-state index contributed by atoms with van der Waals surface area (Å²) >= 11 is 3.15. The lowest BCUT2D eigenvalue weighted by molar-refractivity contribution is -0.118. The fourth-order valence-corrected chi connectivity index (χ4v) is 3.89. The summed E-state index contributed by atoms with van der Waals surface area (Å²) in [4.78, 5) is 12.1. The molecule has 0 spiro atoms. The van der Waals surface area contributed by atoms with Crippen LogP contribution in [0.1, 0.15) is 0 Å². The summed E-state index contributed by atoms with van der Waals surface area (Å²) in [6.45, 7) is -0.292. The number of halogens is 2. The van der Waals surface area contributed by atoms with Crippen LogP contribution in [0.25, 0.3) is 0 Å². The standard InChI is InChI=1S/C20H16BrFN2O4S/c21-18-12-14(22)6-11-19(18)28-13-20(25)23-15-7-9-17(10-8-15)29(26,27)24-16-4-2-1-3-5-16/h1-12,24H,13H2,(H,23,25). The highest BCUT2D eigenvalue weighted by Gasteiger charge is 2.14. The molecule has 9 heteroatoms. The molecular formula is C20H16BrFN2O4S. The van der Waals surface area contributed by atoms with Crippen LogP contribution in [0.4, 0.5) is 15.8 Å². The quantitative estimate of drug-likeness (QED) is 0.526. The molecule has 0 aliphatic heterocycles. The number of anilines is 2. The van der Waals surface area contributed by atoms with E-state index >= 15 is 0 Å². The summed E-state index contributed by atoms with van der Waals surface area (Å²) in [6, 6.07) is 18.1. The average molecular weight is 479 g/mol. The van der Waals surface area contributed by atoms with Crippen LogP contribution in [0.3, 0.4) is 0 Å². The van der Waals surface area contributed by atoms with Gasteiger partial charge in [-0.15, -0.1) is 0 Å². The van der Waals surface area contributed by atoms with Gasteiger partial charge in [0.05, 0.1) is 9.37 Å². The lowest BCUT2D eigenvalue weighted by Gasteiger charge is -2.10. The molecule has 0 fully saturated rings. The summed E-state index contributed by atoms with van der Waals surface area (Å²) in [6.07, 6.45) is 0. The largest absolute Gasteiger partial charge is 0.483 e. The number of sulfonamides is 1. The summed E-state index contributed by atoms with van der Waals surface area (Å²) < 4.78 is 46.1. The number of carbonyl (C=O) groups excluding carboxylic acids is 1.